The van der Waals surface area contributed by atoms with Crippen molar-refractivity contribution in [3.8, 4) is 0 Å². The molecular weight excluding hydrogens is 292 g/mol. The molecular formula is C11H16Br2. The molecule has 0 saturated heterocycles. The summed E-state index contributed by atoms with van der Waals surface area (Å²) in [5.41, 5.74) is 2.53. The quantitative estimate of drug-likeness (QED) is 0.601. The summed E-state index contributed by atoms with van der Waals surface area (Å²) < 4.78 is 1.21. The lowest BCUT2D eigenvalue weighted by atomic mass is 9.69. The van der Waals surface area contributed by atoms with Crippen LogP contribution >= 0.6 is 31.9 Å². The Morgan fingerprint density at radius 1 is 1.31 bits per heavy atom. The molecule has 0 nitrogen and oxygen atoms in total. The molecule has 2 unspecified atom stereocenters. The van der Waals surface area contributed by atoms with E-state index in [0.29, 0.717) is 10.8 Å². The zero-order valence-corrected chi connectivity index (χ0v) is 11.6. The lowest BCUT2D eigenvalue weighted by Crippen LogP contribution is -2.28. The second-order valence-electron chi connectivity index (χ2n) is 5.23. The normalized spacial score (nSPS) is 41.3. The lowest BCUT2D eigenvalue weighted by molar-refractivity contribution is 0.179. The van der Waals surface area contributed by atoms with E-state index in [4.69, 9.17) is 0 Å². The van der Waals surface area contributed by atoms with Crippen molar-refractivity contribution in [1.82, 2.24) is 0 Å². The molecule has 2 bridgehead atoms. The molecule has 2 aliphatic carbocycles. The number of hydrogen-bond acceptors (Lipinski definition) is 0. The van der Waals surface area contributed by atoms with Crippen LogP contribution in [0.4, 0.5) is 0 Å². The van der Waals surface area contributed by atoms with Crippen molar-refractivity contribution < 1.29 is 0 Å². The third-order valence-electron chi connectivity index (χ3n) is 4.78. The molecule has 0 heterocycles. The number of allylic oxidation sites excluding steroid dienone is 1. The van der Waals surface area contributed by atoms with E-state index < -0.39 is 0 Å². The molecule has 2 saturated carbocycles. The van der Waals surface area contributed by atoms with Gasteiger partial charge in [-0.25, -0.2) is 0 Å². The van der Waals surface area contributed by atoms with Crippen LogP contribution in [0, 0.1) is 16.7 Å². The van der Waals surface area contributed by atoms with Gasteiger partial charge in [0.1, 0.15) is 0 Å². The van der Waals surface area contributed by atoms with Gasteiger partial charge in [0, 0.05) is 0 Å². The minimum absolute atomic E-state index is 0.431. The average molecular weight is 308 g/mol. The zero-order valence-electron chi connectivity index (χ0n) is 8.45. The van der Waals surface area contributed by atoms with Gasteiger partial charge < -0.3 is 0 Å². The second kappa shape index (κ2) is 2.85. The van der Waals surface area contributed by atoms with Gasteiger partial charge in [0.05, 0.1) is 3.39 Å². The molecule has 0 aliphatic heterocycles. The van der Waals surface area contributed by atoms with E-state index in [1.165, 1.54) is 22.7 Å². The largest absolute Gasteiger partial charge is 0.0601 e. The van der Waals surface area contributed by atoms with E-state index in [9.17, 15) is 0 Å². The van der Waals surface area contributed by atoms with E-state index in [1.807, 2.05) is 0 Å². The topological polar surface area (TPSA) is 0 Å². The summed E-state index contributed by atoms with van der Waals surface area (Å²) in [7, 11) is 0. The van der Waals surface area contributed by atoms with Crippen LogP contribution in [-0.2, 0) is 0 Å². The van der Waals surface area contributed by atoms with Crippen molar-refractivity contribution in [3.63, 3.8) is 0 Å². The SMILES string of the molecule is CC12CCC(CC1=C(Br)Br)C2(C)C. The molecule has 2 atom stereocenters. The van der Waals surface area contributed by atoms with Crippen LogP contribution in [-0.4, -0.2) is 0 Å². The van der Waals surface area contributed by atoms with Crippen molar-refractivity contribution in [2.45, 2.75) is 40.0 Å². The highest BCUT2D eigenvalue weighted by Gasteiger charge is 2.59. The smallest absolute Gasteiger partial charge is 0.0588 e. The van der Waals surface area contributed by atoms with Gasteiger partial charge in [0.15, 0.2) is 0 Å². The summed E-state index contributed by atoms with van der Waals surface area (Å²) in [6, 6.07) is 0. The molecule has 0 aromatic heterocycles. The van der Waals surface area contributed by atoms with Gasteiger partial charge in [-0.05, 0) is 73.4 Å². The van der Waals surface area contributed by atoms with Crippen LogP contribution in [0.2, 0.25) is 0 Å². The fourth-order valence-corrected chi connectivity index (χ4v) is 4.45. The minimum atomic E-state index is 0.431. The number of halogens is 2. The number of rotatable bonds is 0. The standard InChI is InChI=1S/C11H16Br2/c1-10(2)7-4-5-11(10,3)8(6-7)9(12)13/h7H,4-6H2,1-3H3. The first-order valence-corrected chi connectivity index (χ1v) is 6.53. The Hall–Kier alpha value is 0.700. The summed E-state index contributed by atoms with van der Waals surface area (Å²) in [4.78, 5) is 0. The third-order valence-corrected chi connectivity index (χ3v) is 5.74. The Bertz CT molecular complexity index is 274. The van der Waals surface area contributed by atoms with E-state index in [0.717, 1.165) is 5.92 Å². The van der Waals surface area contributed by atoms with Crippen LogP contribution in [0.15, 0.2) is 8.96 Å². The highest BCUT2D eigenvalue weighted by atomic mass is 79.9. The van der Waals surface area contributed by atoms with Crippen molar-refractivity contribution in [2.75, 3.05) is 0 Å². The van der Waals surface area contributed by atoms with Crippen molar-refractivity contribution in [3.05, 3.63) is 8.96 Å². The summed E-state index contributed by atoms with van der Waals surface area (Å²) in [6.07, 6.45) is 4.07. The molecule has 2 heteroatoms. The van der Waals surface area contributed by atoms with Gasteiger partial charge in [-0.3, -0.25) is 0 Å². The summed E-state index contributed by atoms with van der Waals surface area (Å²) in [5.74, 6) is 0.901. The molecule has 0 spiro atoms. The molecule has 2 aliphatic rings. The van der Waals surface area contributed by atoms with Crippen LogP contribution < -0.4 is 0 Å². The monoisotopic (exact) mass is 306 g/mol. The van der Waals surface area contributed by atoms with Crippen LogP contribution in [0.25, 0.3) is 0 Å². The van der Waals surface area contributed by atoms with Crippen molar-refractivity contribution in [2.24, 2.45) is 16.7 Å². The predicted molar refractivity (Wildman–Crippen MR) is 64.1 cm³/mol. The molecule has 0 aromatic rings. The van der Waals surface area contributed by atoms with Gasteiger partial charge in [0.25, 0.3) is 0 Å². The number of fused-ring (bicyclic) bond motifs is 2. The molecule has 2 rings (SSSR count). The third kappa shape index (κ3) is 1.14. The van der Waals surface area contributed by atoms with Crippen LogP contribution in [0.5, 0.6) is 0 Å². The van der Waals surface area contributed by atoms with Gasteiger partial charge in [0.2, 0.25) is 0 Å². The van der Waals surface area contributed by atoms with E-state index in [-0.39, 0.29) is 0 Å². The van der Waals surface area contributed by atoms with E-state index >= 15 is 0 Å². The lowest BCUT2D eigenvalue weighted by Gasteiger charge is -2.35. The van der Waals surface area contributed by atoms with Gasteiger partial charge in [-0.1, -0.05) is 20.8 Å². The van der Waals surface area contributed by atoms with E-state index in [2.05, 4.69) is 52.6 Å². The average Bonchev–Trinajstić information content (AvgIpc) is 2.34. The van der Waals surface area contributed by atoms with Gasteiger partial charge in [-0.2, -0.15) is 0 Å². The van der Waals surface area contributed by atoms with Crippen LogP contribution in [0.3, 0.4) is 0 Å². The first kappa shape index (κ1) is 10.2. The molecule has 74 valence electrons. The molecule has 0 radical (unpaired) electrons. The van der Waals surface area contributed by atoms with Gasteiger partial charge in [-0.15, -0.1) is 0 Å². The maximum absolute atomic E-state index is 3.59. The second-order valence-corrected chi connectivity index (χ2v) is 7.88. The zero-order chi connectivity index (χ0) is 9.85. The Kier molecular flexibility index (Phi) is 2.24. The predicted octanol–water partition coefficient (Wildman–Crippen LogP) is 4.83. The summed E-state index contributed by atoms with van der Waals surface area (Å²) in [5, 5.41) is 0. The fourth-order valence-electron chi connectivity index (χ4n) is 3.25. The highest BCUT2D eigenvalue weighted by Crippen LogP contribution is 2.69. The Labute approximate surface area is 97.4 Å². The maximum Gasteiger partial charge on any atom is 0.0601 e. The highest BCUT2D eigenvalue weighted by molar-refractivity contribution is 9.28. The summed E-state index contributed by atoms with van der Waals surface area (Å²) >= 11 is 7.17. The molecule has 2 fully saturated rings. The van der Waals surface area contributed by atoms with E-state index in [1.54, 1.807) is 5.57 Å². The first-order valence-electron chi connectivity index (χ1n) is 4.94. The molecule has 0 aromatic carbocycles. The van der Waals surface area contributed by atoms with Crippen molar-refractivity contribution in [1.29, 1.82) is 0 Å². The maximum atomic E-state index is 3.59. The summed E-state index contributed by atoms with van der Waals surface area (Å²) in [6.45, 7) is 7.29. The fraction of sp³-hybridized carbons (Fsp3) is 0.818. The number of hydrogen-bond donors (Lipinski definition) is 0. The Balaban J connectivity index is 2.50. The van der Waals surface area contributed by atoms with Crippen molar-refractivity contribution >= 4 is 31.9 Å². The first-order chi connectivity index (χ1) is 5.89. The molecule has 13 heavy (non-hydrogen) atoms. The molecule has 0 N–H and O–H groups in total. The Morgan fingerprint density at radius 2 is 1.92 bits per heavy atom. The van der Waals surface area contributed by atoms with Gasteiger partial charge >= 0.3 is 0 Å². The minimum Gasteiger partial charge on any atom is -0.0588 e. The van der Waals surface area contributed by atoms with Crippen LogP contribution in [0.1, 0.15) is 40.0 Å². The Morgan fingerprint density at radius 3 is 2.15 bits per heavy atom. The molecule has 0 amide bonds.